The minimum absolute atomic E-state index is 0.0334. The Morgan fingerprint density at radius 2 is 2.08 bits per heavy atom. The lowest BCUT2D eigenvalue weighted by atomic mass is 10.0. The summed E-state index contributed by atoms with van der Waals surface area (Å²) in [6.45, 7) is 9.07. The Balaban J connectivity index is 1.26. The van der Waals surface area contributed by atoms with Crippen LogP contribution in [0.2, 0.25) is 0 Å². The molecule has 5 rings (SSSR count). The highest BCUT2D eigenvalue weighted by molar-refractivity contribution is 5.97. The molecule has 0 radical (unpaired) electrons. The van der Waals surface area contributed by atoms with Crippen LogP contribution in [0.25, 0.3) is 11.0 Å². The topological polar surface area (TPSA) is 151 Å². The van der Waals surface area contributed by atoms with Gasteiger partial charge in [0.15, 0.2) is 11.5 Å². The van der Waals surface area contributed by atoms with E-state index >= 15 is 0 Å². The number of nitrogens with one attached hydrogen (secondary N) is 4. The lowest BCUT2D eigenvalue weighted by Crippen LogP contribution is -2.43. The maximum absolute atomic E-state index is 12.9. The fourth-order valence-electron chi connectivity index (χ4n) is 4.83. The van der Waals surface area contributed by atoms with Gasteiger partial charge in [-0.05, 0) is 58.4 Å². The molecule has 0 aromatic carbocycles. The van der Waals surface area contributed by atoms with Gasteiger partial charge in [-0.2, -0.15) is 10.1 Å². The van der Waals surface area contributed by atoms with Crippen molar-refractivity contribution in [1.82, 2.24) is 40.3 Å². The first-order chi connectivity index (χ1) is 18.2. The summed E-state index contributed by atoms with van der Waals surface area (Å²) in [5.74, 6) is 1.37. The normalized spacial score (nSPS) is 19.0. The van der Waals surface area contributed by atoms with E-state index in [4.69, 9.17) is 5.73 Å². The minimum atomic E-state index is -0.109. The molecule has 1 fully saturated rings. The van der Waals surface area contributed by atoms with Gasteiger partial charge >= 0.3 is 0 Å². The van der Waals surface area contributed by atoms with Crippen molar-refractivity contribution < 1.29 is 4.79 Å². The van der Waals surface area contributed by atoms with Crippen molar-refractivity contribution in [2.24, 2.45) is 7.05 Å². The van der Waals surface area contributed by atoms with E-state index in [-0.39, 0.29) is 17.5 Å². The molecule has 2 aliphatic rings. The second-order valence-electron chi connectivity index (χ2n) is 10.4. The molecule has 12 nitrogen and oxygen atoms in total. The Labute approximate surface area is 221 Å². The molecule has 0 spiro atoms. The zero-order chi connectivity index (χ0) is 26.9. The first-order valence-electron chi connectivity index (χ1n) is 12.9. The van der Waals surface area contributed by atoms with Crippen LogP contribution in [0.1, 0.15) is 33.6 Å². The van der Waals surface area contributed by atoms with Crippen molar-refractivity contribution in [3.05, 3.63) is 48.1 Å². The largest absolute Gasteiger partial charge is 0.384 e. The number of carbonyl (C=O) groups excluding carboxylic acids is 1. The van der Waals surface area contributed by atoms with E-state index < -0.39 is 0 Å². The molecule has 0 bridgehead atoms. The smallest absolute Gasteiger partial charge is 0.252 e. The maximum atomic E-state index is 12.9. The predicted octanol–water partition coefficient (Wildman–Crippen LogP) is 2.25. The summed E-state index contributed by atoms with van der Waals surface area (Å²) in [6.07, 6.45) is 9.36. The van der Waals surface area contributed by atoms with E-state index in [1.807, 2.05) is 26.1 Å². The number of anilines is 4. The number of nitrogens with zero attached hydrogens (tertiary/aromatic N) is 6. The van der Waals surface area contributed by atoms with Crippen LogP contribution in [-0.2, 0) is 11.8 Å². The molecular weight excluding hydrogens is 482 g/mol. The van der Waals surface area contributed by atoms with Crippen LogP contribution in [0.5, 0.6) is 0 Å². The van der Waals surface area contributed by atoms with Crippen molar-refractivity contribution in [1.29, 1.82) is 0 Å². The Morgan fingerprint density at radius 1 is 1.24 bits per heavy atom. The molecule has 0 aliphatic carbocycles. The number of dihydropyridines is 1. The van der Waals surface area contributed by atoms with Crippen LogP contribution in [0.3, 0.4) is 0 Å². The summed E-state index contributed by atoms with van der Waals surface area (Å²) in [5, 5.41) is 18.2. The van der Waals surface area contributed by atoms with Gasteiger partial charge in [-0.25, -0.2) is 14.6 Å². The van der Waals surface area contributed by atoms with Gasteiger partial charge in [0.25, 0.3) is 5.91 Å². The van der Waals surface area contributed by atoms with Crippen molar-refractivity contribution in [3.63, 3.8) is 0 Å². The molecule has 1 amide bonds. The first-order valence-corrected chi connectivity index (χ1v) is 12.9. The fraction of sp³-hybridized carbons (Fsp3) is 0.423. The Morgan fingerprint density at radius 3 is 2.82 bits per heavy atom. The second kappa shape index (κ2) is 10.3. The number of aryl methyl sites for hydroxylation is 1. The SMILES string of the molecule is CC1NC=C(C(=O)NCCN2CCCC2(C)C)C=C1Nc1nn(C)c2nc(Nc3ccc(N)nc3)ncc12. The molecule has 3 aromatic heterocycles. The van der Waals surface area contributed by atoms with Gasteiger partial charge in [-0.1, -0.05) is 0 Å². The maximum Gasteiger partial charge on any atom is 0.252 e. The van der Waals surface area contributed by atoms with Crippen molar-refractivity contribution in [2.75, 3.05) is 36.0 Å². The van der Waals surface area contributed by atoms with Crippen LogP contribution in [0, 0.1) is 0 Å². The van der Waals surface area contributed by atoms with Crippen molar-refractivity contribution >= 4 is 40.2 Å². The minimum Gasteiger partial charge on any atom is -0.384 e. The van der Waals surface area contributed by atoms with Gasteiger partial charge in [-0.15, -0.1) is 0 Å². The molecular formula is C26H35N11O. The number of nitrogen functional groups attached to an aromatic ring is 1. The molecule has 2 aliphatic heterocycles. The quantitative estimate of drug-likeness (QED) is 0.301. The van der Waals surface area contributed by atoms with Crippen LogP contribution in [0.15, 0.2) is 48.1 Å². The van der Waals surface area contributed by atoms with E-state index in [9.17, 15) is 4.79 Å². The summed E-state index contributed by atoms with van der Waals surface area (Å²) in [7, 11) is 1.83. The number of pyridine rings is 1. The summed E-state index contributed by atoms with van der Waals surface area (Å²) < 4.78 is 1.69. The van der Waals surface area contributed by atoms with Crippen LogP contribution in [-0.4, -0.2) is 66.8 Å². The number of fused-ring (bicyclic) bond motifs is 1. The fourth-order valence-corrected chi connectivity index (χ4v) is 4.83. The summed E-state index contributed by atoms with van der Waals surface area (Å²) in [6, 6.07) is 3.48. The molecule has 12 heteroatoms. The van der Waals surface area contributed by atoms with Gasteiger partial charge < -0.3 is 27.0 Å². The number of hydrogen-bond acceptors (Lipinski definition) is 10. The van der Waals surface area contributed by atoms with Gasteiger partial charge in [0, 0.05) is 43.8 Å². The van der Waals surface area contributed by atoms with Crippen LogP contribution in [0.4, 0.5) is 23.3 Å². The lowest BCUT2D eigenvalue weighted by molar-refractivity contribution is -0.117. The molecule has 1 atom stereocenters. The van der Waals surface area contributed by atoms with E-state index in [0.29, 0.717) is 35.3 Å². The zero-order valence-electron chi connectivity index (χ0n) is 22.2. The van der Waals surface area contributed by atoms with Gasteiger partial charge in [0.1, 0.15) is 5.82 Å². The van der Waals surface area contributed by atoms with Gasteiger partial charge in [-0.3, -0.25) is 9.69 Å². The standard InChI is InChI=1S/C26H35N11O/c1-16-20(12-17(13-29-16)24(38)28-9-11-37-10-5-8-26(37,2)3)33-22-19-15-31-25(34-23(19)36(4)35-22)32-18-6-7-21(27)30-14-18/h6-7,12-16,29H,5,8-11H2,1-4H3,(H2,27,30)(H,28,38)(H,33,35)(H,31,32,34). The lowest BCUT2D eigenvalue weighted by Gasteiger charge is -2.31. The molecule has 0 saturated carbocycles. The first kappa shape index (κ1) is 25.5. The Hall–Kier alpha value is -4.19. The molecule has 1 unspecified atom stereocenters. The molecule has 1 saturated heterocycles. The third-order valence-corrected chi connectivity index (χ3v) is 7.15. The van der Waals surface area contributed by atoms with Crippen LogP contribution >= 0.6 is 0 Å². The molecule has 38 heavy (non-hydrogen) atoms. The number of nitrogens with two attached hydrogens (primary N) is 1. The molecule has 5 heterocycles. The summed E-state index contributed by atoms with van der Waals surface area (Å²) >= 11 is 0. The van der Waals surface area contributed by atoms with Crippen molar-refractivity contribution in [2.45, 2.75) is 45.2 Å². The number of carbonyl (C=O) groups is 1. The third-order valence-electron chi connectivity index (χ3n) is 7.15. The zero-order valence-corrected chi connectivity index (χ0v) is 22.2. The van der Waals surface area contributed by atoms with Crippen molar-refractivity contribution in [3.8, 4) is 0 Å². The van der Waals surface area contributed by atoms with Gasteiger partial charge in [0.2, 0.25) is 5.95 Å². The average molecular weight is 518 g/mol. The summed E-state index contributed by atoms with van der Waals surface area (Å²) in [5.41, 5.74) is 8.63. The molecule has 3 aromatic rings. The second-order valence-corrected chi connectivity index (χ2v) is 10.4. The van der Waals surface area contributed by atoms with E-state index in [2.05, 4.69) is 60.1 Å². The molecule has 6 N–H and O–H groups in total. The number of hydrogen-bond donors (Lipinski definition) is 5. The predicted molar refractivity (Wildman–Crippen MR) is 149 cm³/mol. The van der Waals surface area contributed by atoms with E-state index in [1.54, 1.807) is 29.3 Å². The highest BCUT2D eigenvalue weighted by Crippen LogP contribution is 2.28. The third kappa shape index (κ3) is 5.40. The Bertz CT molecular complexity index is 1390. The number of likely N-dealkylation sites (tertiary alicyclic amines) is 1. The van der Waals surface area contributed by atoms with E-state index in [0.717, 1.165) is 29.9 Å². The van der Waals surface area contributed by atoms with Gasteiger partial charge in [0.05, 0.1) is 28.9 Å². The highest BCUT2D eigenvalue weighted by atomic mass is 16.1. The number of rotatable bonds is 8. The molecule has 200 valence electrons. The highest BCUT2D eigenvalue weighted by Gasteiger charge is 2.31. The van der Waals surface area contributed by atoms with Crippen LogP contribution < -0.4 is 27.0 Å². The monoisotopic (exact) mass is 517 g/mol. The summed E-state index contributed by atoms with van der Waals surface area (Å²) in [4.78, 5) is 28.5. The van der Waals surface area contributed by atoms with E-state index in [1.165, 1.54) is 12.8 Å². The Kier molecular flexibility index (Phi) is 6.89. The number of amides is 1. The number of aromatic nitrogens is 5. The average Bonchev–Trinajstić information content (AvgIpc) is 3.39.